The molecule has 1 unspecified atom stereocenters. The van der Waals surface area contributed by atoms with Gasteiger partial charge in [-0.2, -0.15) is 0 Å². The second kappa shape index (κ2) is 6.07. The van der Waals surface area contributed by atoms with Crippen LogP contribution in [0.3, 0.4) is 0 Å². The number of benzene rings is 1. The minimum absolute atomic E-state index is 0.0265. The molecule has 1 saturated heterocycles. The number of likely N-dealkylation sites (tertiary alicyclic amines) is 1. The molecule has 2 aromatic heterocycles. The van der Waals surface area contributed by atoms with E-state index in [1.54, 1.807) is 6.07 Å². The Balaban J connectivity index is 1.73. The van der Waals surface area contributed by atoms with E-state index in [9.17, 15) is 9.59 Å². The number of H-pyrrole nitrogens is 1. The first-order chi connectivity index (χ1) is 12.0. The Morgan fingerprint density at radius 3 is 2.84 bits per heavy atom. The number of aryl methyl sites for hydroxylation is 2. The molecule has 0 bridgehead atoms. The number of fused-ring (bicyclic) bond motifs is 1. The van der Waals surface area contributed by atoms with Gasteiger partial charge in [0, 0.05) is 6.54 Å². The van der Waals surface area contributed by atoms with Gasteiger partial charge < -0.3 is 9.88 Å². The quantitative estimate of drug-likeness (QED) is 0.767. The molecule has 0 radical (unpaired) electrons. The van der Waals surface area contributed by atoms with E-state index >= 15 is 0 Å². The molecule has 3 heterocycles. The summed E-state index contributed by atoms with van der Waals surface area (Å²) in [6.07, 6.45) is 1.69. The number of hydrogen-bond donors (Lipinski definition) is 1. The van der Waals surface area contributed by atoms with E-state index in [4.69, 9.17) is 0 Å². The van der Waals surface area contributed by atoms with Gasteiger partial charge in [0.1, 0.15) is 10.7 Å². The summed E-state index contributed by atoms with van der Waals surface area (Å²) < 4.78 is 0. The summed E-state index contributed by atoms with van der Waals surface area (Å²) in [4.78, 5) is 39.7. The molecule has 128 valence electrons. The molecule has 1 aliphatic rings. The molecule has 1 atom stereocenters. The number of hydrogen-bond acceptors (Lipinski definition) is 5. The molecule has 7 heteroatoms. The lowest BCUT2D eigenvalue weighted by atomic mass is 10.2. The predicted molar refractivity (Wildman–Crippen MR) is 97.0 cm³/mol. The lowest BCUT2D eigenvalue weighted by molar-refractivity contribution is 0.0734. The van der Waals surface area contributed by atoms with Gasteiger partial charge >= 0.3 is 0 Å². The van der Waals surface area contributed by atoms with Crippen molar-refractivity contribution in [3.05, 3.63) is 56.0 Å². The number of nitrogens with zero attached hydrogens (tertiary/aromatic N) is 3. The lowest BCUT2D eigenvalue weighted by Gasteiger charge is -2.23. The zero-order chi connectivity index (χ0) is 17.6. The standard InChI is InChI=1S/C18H18N4O2S/c1-10-15(25-11(2)19-10)18(24)22-9-5-8-14(22)16-20-13-7-4-3-6-12(13)17(23)21-16/h3-4,6-7,14H,5,8-9H2,1-2H3,(H,20,21,23). The number of rotatable bonds is 2. The first-order valence-corrected chi connectivity index (χ1v) is 9.10. The third kappa shape index (κ3) is 2.74. The number of aromatic amines is 1. The van der Waals surface area contributed by atoms with Crippen LogP contribution in [0.25, 0.3) is 10.9 Å². The van der Waals surface area contributed by atoms with Gasteiger partial charge in [0.2, 0.25) is 0 Å². The second-order valence-electron chi connectivity index (χ2n) is 6.27. The van der Waals surface area contributed by atoms with Gasteiger partial charge in [-0.3, -0.25) is 9.59 Å². The van der Waals surface area contributed by atoms with E-state index in [1.807, 2.05) is 36.9 Å². The van der Waals surface area contributed by atoms with Crippen molar-refractivity contribution >= 4 is 28.1 Å². The second-order valence-corrected chi connectivity index (χ2v) is 7.48. The maximum atomic E-state index is 13.0. The molecule has 1 amide bonds. The normalized spacial score (nSPS) is 17.4. The maximum Gasteiger partial charge on any atom is 0.266 e. The number of carbonyl (C=O) groups excluding carboxylic acids is 1. The molecule has 1 aliphatic heterocycles. The van der Waals surface area contributed by atoms with Crippen molar-refractivity contribution in [3.8, 4) is 0 Å². The molecule has 3 aromatic rings. The van der Waals surface area contributed by atoms with Crippen molar-refractivity contribution in [1.29, 1.82) is 0 Å². The summed E-state index contributed by atoms with van der Waals surface area (Å²) in [5.41, 5.74) is 1.26. The Morgan fingerprint density at radius 2 is 2.08 bits per heavy atom. The van der Waals surface area contributed by atoms with Crippen LogP contribution in [-0.4, -0.2) is 32.3 Å². The summed E-state index contributed by atoms with van der Waals surface area (Å²) in [7, 11) is 0. The minimum atomic E-state index is -0.202. The van der Waals surface area contributed by atoms with Crippen LogP contribution in [0.1, 0.15) is 45.1 Å². The predicted octanol–water partition coefficient (Wildman–Crippen LogP) is 2.97. The fourth-order valence-electron chi connectivity index (χ4n) is 3.42. The molecule has 0 saturated carbocycles. The highest BCUT2D eigenvalue weighted by Crippen LogP contribution is 2.33. The Labute approximate surface area is 148 Å². The van der Waals surface area contributed by atoms with Crippen molar-refractivity contribution in [3.63, 3.8) is 0 Å². The van der Waals surface area contributed by atoms with Crippen LogP contribution >= 0.6 is 11.3 Å². The van der Waals surface area contributed by atoms with E-state index in [2.05, 4.69) is 15.0 Å². The van der Waals surface area contributed by atoms with Gasteiger partial charge in [0.25, 0.3) is 11.5 Å². The zero-order valence-electron chi connectivity index (χ0n) is 14.1. The molecule has 4 rings (SSSR count). The third-order valence-corrected chi connectivity index (χ3v) is 5.62. The zero-order valence-corrected chi connectivity index (χ0v) is 14.9. The van der Waals surface area contributed by atoms with E-state index < -0.39 is 0 Å². The maximum absolute atomic E-state index is 13.0. The monoisotopic (exact) mass is 354 g/mol. The van der Waals surface area contributed by atoms with Crippen molar-refractivity contribution in [2.24, 2.45) is 0 Å². The molecule has 1 fully saturated rings. The topological polar surface area (TPSA) is 79.0 Å². The summed E-state index contributed by atoms with van der Waals surface area (Å²) in [6, 6.07) is 7.06. The largest absolute Gasteiger partial charge is 0.328 e. The van der Waals surface area contributed by atoms with Gasteiger partial charge in [-0.1, -0.05) is 12.1 Å². The smallest absolute Gasteiger partial charge is 0.266 e. The molecule has 1 aromatic carbocycles. The summed E-state index contributed by atoms with van der Waals surface area (Å²) >= 11 is 1.42. The highest BCUT2D eigenvalue weighted by molar-refractivity contribution is 7.13. The molecular formula is C18H18N4O2S. The summed E-state index contributed by atoms with van der Waals surface area (Å²) in [5.74, 6) is 0.537. The van der Waals surface area contributed by atoms with Gasteiger partial charge in [0.05, 0.1) is 27.6 Å². The minimum Gasteiger partial charge on any atom is -0.328 e. The Bertz CT molecular complexity index is 1020. The van der Waals surface area contributed by atoms with Crippen LogP contribution in [0.15, 0.2) is 29.1 Å². The van der Waals surface area contributed by atoms with E-state index in [-0.39, 0.29) is 17.5 Å². The van der Waals surface area contributed by atoms with Crippen molar-refractivity contribution in [2.45, 2.75) is 32.7 Å². The fourth-order valence-corrected chi connectivity index (χ4v) is 4.29. The number of nitrogens with one attached hydrogen (secondary N) is 1. The number of amides is 1. The SMILES string of the molecule is Cc1nc(C)c(C(=O)N2CCCC2c2nc3ccccc3c(=O)[nH]2)s1. The number of carbonyl (C=O) groups is 1. The van der Waals surface area contributed by atoms with E-state index in [0.717, 1.165) is 23.5 Å². The Hall–Kier alpha value is -2.54. The van der Waals surface area contributed by atoms with Gasteiger partial charge in [-0.25, -0.2) is 9.97 Å². The highest BCUT2D eigenvalue weighted by atomic mass is 32.1. The molecule has 0 aliphatic carbocycles. The first kappa shape index (κ1) is 16.0. The average Bonchev–Trinajstić information content (AvgIpc) is 3.20. The molecule has 25 heavy (non-hydrogen) atoms. The average molecular weight is 354 g/mol. The van der Waals surface area contributed by atoms with E-state index in [1.165, 1.54) is 11.3 Å². The fraction of sp³-hybridized carbons (Fsp3) is 0.333. The van der Waals surface area contributed by atoms with Gasteiger partial charge in [0.15, 0.2) is 0 Å². The highest BCUT2D eigenvalue weighted by Gasteiger charge is 2.34. The van der Waals surface area contributed by atoms with Crippen molar-refractivity contribution < 1.29 is 4.79 Å². The van der Waals surface area contributed by atoms with Crippen LogP contribution in [0, 0.1) is 13.8 Å². The summed E-state index contributed by atoms with van der Waals surface area (Å²) in [5, 5.41) is 1.45. The van der Waals surface area contributed by atoms with Crippen molar-refractivity contribution in [2.75, 3.05) is 6.54 Å². The lowest BCUT2D eigenvalue weighted by Crippen LogP contribution is -2.32. The van der Waals surface area contributed by atoms with Gasteiger partial charge in [-0.15, -0.1) is 11.3 Å². The molecule has 1 N–H and O–H groups in total. The Morgan fingerprint density at radius 1 is 1.28 bits per heavy atom. The van der Waals surface area contributed by atoms with E-state index in [0.29, 0.717) is 28.1 Å². The molecule has 6 nitrogen and oxygen atoms in total. The molecule has 0 spiro atoms. The van der Waals surface area contributed by atoms with Crippen LogP contribution in [0.4, 0.5) is 0 Å². The van der Waals surface area contributed by atoms with Crippen LogP contribution in [0.5, 0.6) is 0 Å². The van der Waals surface area contributed by atoms with Crippen LogP contribution in [0.2, 0.25) is 0 Å². The van der Waals surface area contributed by atoms with Crippen LogP contribution < -0.4 is 5.56 Å². The number of para-hydroxylation sites is 1. The van der Waals surface area contributed by atoms with Crippen LogP contribution in [-0.2, 0) is 0 Å². The summed E-state index contributed by atoms with van der Waals surface area (Å²) in [6.45, 7) is 4.42. The first-order valence-electron chi connectivity index (χ1n) is 8.28. The third-order valence-electron chi connectivity index (χ3n) is 4.56. The number of aromatic nitrogens is 3. The Kier molecular flexibility index (Phi) is 3.88. The number of thiazole rings is 1. The van der Waals surface area contributed by atoms with Gasteiger partial charge in [-0.05, 0) is 38.8 Å². The molecular weight excluding hydrogens is 336 g/mol. The van der Waals surface area contributed by atoms with Crippen molar-refractivity contribution in [1.82, 2.24) is 19.9 Å².